The fourth-order valence-electron chi connectivity index (χ4n) is 5.07. The minimum absolute atomic E-state index is 0.000738. The molecule has 2 aromatic carbocycles. The molecule has 3 aromatic rings. The zero-order valence-corrected chi connectivity index (χ0v) is 22.3. The lowest BCUT2D eigenvalue weighted by molar-refractivity contribution is -0.154. The van der Waals surface area contributed by atoms with E-state index in [1.807, 2.05) is 38.1 Å². The van der Waals surface area contributed by atoms with Gasteiger partial charge in [0.25, 0.3) is 5.91 Å². The van der Waals surface area contributed by atoms with Crippen LogP contribution in [0.2, 0.25) is 0 Å². The van der Waals surface area contributed by atoms with E-state index in [4.69, 9.17) is 4.74 Å². The zero-order chi connectivity index (χ0) is 27.8. The second-order valence-corrected chi connectivity index (χ2v) is 11.3. The molecule has 1 unspecified atom stereocenters. The summed E-state index contributed by atoms with van der Waals surface area (Å²) in [6, 6.07) is 10.8. The summed E-state index contributed by atoms with van der Waals surface area (Å²) in [5.74, 6) is -4.23. The molecule has 1 aliphatic rings. The van der Waals surface area contributed by atoms with E-state index >= 15 is 0 Å². The second kappa shape index (κ2) is 10.2. The molecule has 0 saturated carbocycles. The van der Waals surface area contributed by atoms with Crippen molar-refractivity contribution in [3.05, 3.63) is 70.9 Å². The molecule has 7 nitrogen and oxygen atoms in total. The van der Waals surface area contributed by atoms with Crippen molar-refractivity contribution in [2.45, 2.75) is 58.0 Å². The van der Waals surface area contributed by atoms with Gasteiger partial charge in [-0.3, -0.25) is 14.4 Å². The Bertz CT molecular complexity index is 1390. The highest BCUT2D eigenvalue weighted by atomic mass is 19.2. The number of hydrogen-bond acceptors (Lipinski definition) is 4. The normalized spacial score (nSPS) is 17.0. The van der Waals surface area contributed by atoms with Crippen LogP contribution in [0, 0.1) is 11.6 Å². The van der Waals surface area contributed by atoms with Crippen LogP contribution >= 0.6 is 0 Å². The Kier molecular flexibility index (Phi) is 7.32. The molecule has 202 valence electrons. The van der Waals surface area contributed by atoms with Crippen LogP contribution in [0.4, 0.5) is 8.78 Å². The van der Waals surface area contributed by atoms with E-state index in [1.54, 1.807) is 20.8 Å². The van der Waals surface area contributed by atoms with Gasteiger partial charge >= 0.3 is 5.97 Å². The molecule has 1 aromatic heterocycles. The van der Waals surface area contributed by atoms with Gasteiger partial charge in [-0.15, -0.1) is 0 Å². The number of para-hydroxylation sites is 1. The molecule has 0 radical (unpaired) electrons. The minimum Gasteiger partial charge on any atom is -0.460 e. The lowest BCUT2D eigenvalue weighted by Gasteiger charge is -2.31. The van der Waals surface area contributed by atoms with E-state index in [1.165, 1.54) is 11.0 Å². The molecule has 4 rings (SSSR count). The number of ether oxygens (including phenoxy) is 1. The third kappa shape index (κ3) is 5.71. The maximum absolute atomic E-state index is 13.9. The number of benzene rings is 2. The smallest absolute Gasteiger partial charge is 0.308 e. The standard InChI is InChI=1S/C29H33F2N3O4/c1-28(2,3)38-23(35)12-13-32-26(36)19-15-34(27(37)17-10-11-20(30)21(31)14-17)16-29(4,5)24-18-8-6-7-9-22(18)33-25(19)24/h6-11,14,19,33H,12-13,15-16H2,1-5H3,(H,32,36). The molecular weight excluding hydrogens is 492 g/mol. The summed E-state index contributed by atoms with van der Waals surface area (Å²) in [6.45, 7) is 9.62. The first-order valence-electron chi connectivity index (χ1n) is 12.6. The van der Waals surface area contributed by atoms with Crippen molar-refractivity contribution >= 4 is 28.7 Å². The van der Waals surface area contributed by atoms with Crippen molar-refractivity contribution in [2.24, 2.45) is 0 Å². The number of carbonyl (C=O) groups is 3. The maximum Gasteiger partial charge on any atom is 0.308 e. The molecule has 9 heteroatoms. The van der Waals surface area contributed by atoms with Crippen LogP contribution < -0.4 is 5.32 Å². The van der Waals surface area contributed by atoms with Crippen LogP contribution in [0.3, 0.4) is 0 Å². The monoisotopic (exact) mass is 525 g/mol. The lowest BCUT2D eigenvalue weighted by Crippen LogP contribution is -2.43. The quantitative estimate of drug-likeness (QED) is 0.468. The van der Waals surface area contributed by atoms with Crippen LogP contribution in [0.25, 0.3) is 10.9 Å². The Labute approximate surface area is 220 Å². The lowest BCUT2D eigenvalue weighted by atomic mass is 9.81. The third-order valence-corrected chi connectivity index (χ3v) is 6.57. The van der Waals surface area contributed by atoms with E-state index in [9.17, 15) is 23.2 Å². The maximum atomic E-state index is 13.9. The zero-order valence-electron chi connectivity index (χ0n) is 22.3. The number of nitrogens with one attached hydrogen (secondary N) is 2. The van der Waals surface area contributed by atoms with Gasteiger partial charge in [-0.05, 0) is 50.6 Å². The van der Waals surface area contributed by atoms with Gasteiger partial charge in [-0.2, -0.15) is 0 Å². The first-order valence-corrected chi connectivity index (χ1v) is 12.6. The van der Waals surface area contributed by atoms with Crippen molar-refractivity contribution in [2.75, 3.05) is 19.6 Å². The van der Waals surface area contributed by atoms with E-state index < -0.39 is 40.4 Å². The summed E-state index contributed by atoms with van der Waals surface area (Å²) in [5.41, 5.74) is 1.27. The van der Waals surface area contributed by atoms with Crippen molar-refractivity contribution in [1.82, 2.24) is 15.2 Å². The van der Waals surface area contributed by atoms with Crippen LogP contribution in [0.15, 0.2) is 42.5 Å². The van der Waals surface area contributed by atoms with Gasteiger partial charge in [-0.1, -0.05) is 32.0 Å². The van der Waals surface area contributed by atoms with E-state index in [0.29, 0.717) is 5.69 Å². The summed E-state index contributed by atoms with van der Waals surface area (Å²) in [7, 11) is 0. The fourth-order valence-corrected chi connectivity index (χ4v) is 5.07. The Morgan fingerprint density at radius 2 is 1.82 bits per heavy atom. The number of esters is 1. The third-order valence-electron chi connectivity index (χ3n) is 6.57. The Hall–Kier alpha value is -3.75. The highest BCUT2D eigenvalue weighted by Crippen LogP contribution is 2.41. The molecule has 1 aliphatic heterocycles. The average Bonchev–Trinajstić information content (AvgIpc) is 3.16. The summed E-state index contributed by atoms with van der Waals surface area (Å²) in [6.07, 6.45) is -0.00170. The van der Waals surface area contributed by atoms with Gasteiger partial charge in [0.2, 0.25) is 5.91 Å². The van der Waals surface area contributed by atoms with Crippen molar-refractivity contribution < 1.29 is 27.9 Å². The molecule has 0 saturated heterocycles. The van der Waals surface area contributed by atoms with E-state index in [0.717, 1.165) is 28.6 Å². The van der Waals surface area contributed by atoms with Crippen LogP contribution in [-0.2, 0) is 19.7 Å². The number of fused-ring (bicyclic) bond motifs is 3. The van der Waals surface area contributed by atoms with Gasteiger partial charge in [0.05, 0.1) is 12.3 Å². The fraction of sp³-hybridized carbons (Fsp3) is 0.414. The highest BCUT2D eigenvalue weighted by molar-refractivity contribution is 5.96. The molecule has 38 heavy (non-hydrogen) atoms. The van der Waals surface area contributed by atoms with E-state index in [-0.39, 0.29) is 37.5 Å². The number of nitrogens with zero attached hydrogens (tertiary/aromatic N) is 1. The summed E-state index contributed by atoms with van der Waals surface area (Å²) < 4.78 is 32.8. The van der Waals surface area contributed by atoms with Crippen LogP contribution in [0.1, 0.15) is 68.6 Å². The predicted octanol–water partition coefficient (Wildman–Crippen LogP) is 4.81. The SMILES string of the molecule is CC(C)(C)OC(=O)CCNC(=O)C1CN(C(=O)c2ccc(F)c(F)c2)CC(C)(C)c2c1[nH]c1ccccc21. The summed E-state index contributed by atoms with van der Waals surface area (Å²) in [4.78, 5) is 44.0. The Morgan fingerprint density at radius 3 is 2.50 bits per heavy atom. The highest BCUT2D eigenvalue weighted by Gasteiger charge is 2.41. The van der Waals surface area contributed by atoms with Gasteiger partial charge in [0.15, 0.2) is 11.6 Å². The molecule has 0 aliphatic carbocycles. The number of H-pyrrole nitrogens is 1. The number of amides is 2. The first kappa shape index (κ1) is 27.3. The van der Waals surface area contributed by atoms with Gasteiger partial charge in [-0.25, -0.2) is 8.78 Å². The van der Waals surface area contributed by atoms with E-state index in [2.05, 4.69) is 10.3 Å². The topological polar surface area (TPSA) is 91.5 Å². The minimum atomic E-state index is -1.11. The number of aromatic amines is 1. The van der Waals surface area contributed by atoms with Crippen molar-refractivity contribution in [3.8, 4) is 0 Å². The number of halogens is 2. The molecule has 0 bridgehead atoms. The molecule has 1 atom stereocenters. The number of hydrogen-bond donors (Lipinski definition) is 2. The van der Waals surface area contributed by atoms with Crippen molar-refractivity contribution in [1.29, 1.82) is 0 Å². The second-order valence-electron chi connectivity index (χ2n) is 11.3. The van der Waals surface area contributed by atoms with Crippen molar-refractivity contribution in [3.63, 3.8) is 0 Å². The number of rotatable bonds is 5. The average molecular weight is 526 g/mol. The summed E-state index contributed by atoms with van der Waals surface area (Å²) in [5, 5.41) is 3.76. The van der Waals surface area contributed by atoms with Crippen LogP contribution in [0.5, 0.6) is 0 Å². The molecule has 0 fully saturated rings. The van der Waals surface area contributed by atoms with Crippen LogP contribution in [-0.4, -0.2) is 52.9 Å². The molecule has 2 amide bonds. The molecule has 2 heterocycles. The molecule has 0 spiro atoms. The molecular formula is C29H33F2N3O4. The largest absolute Gasteiger partial charge is 0.460 e. The first-order chi connectivity index (χ1) is 17.8. The predicted molar refractivity (Wildman–Crippen MR) is 140 cm³/mol. The summed E-state index contributed by atoms with van der Waals surface area (Å²) >= 11 is 0. The van der Waals surface area contributed by atoms with Gasteiger partial charge in [0.1, 0.15) is 5.60 Å². The Balaban J connectivity index is 1.66. The van der Waals surface area contributed by atoms with Gasteiger partial charge in [0, 0.05) is 47.2 Å². The number of carbonyl (C=O) groups excluding carboxylic acids is 3. The van der Waals surface area contributed by atoms with Gasteiger partial charge < -0.3 is 19.9 Å². The molecule has 2 N–H and O–H groups in total. The Morgan fingerprint density at radius 1 is 1.11 bits per heavy atom. The number of aromatic nitrogens is 1.